The van der Waals surface area contributed by atoms with E-state index < -0.39 is 5.60 Å². The highest BCUT2D eigenvalue weighted by molar-refractivity contribution is 5.67. The standard InChI is InChI=1S/C16H30N4O2/c1-7-13(8-19-15(21)22-16(4,5)6)18-10-14-9-17-11-20(14)12(2)3/h9,11-13,18H,7-8,10H2,1-6H3,(H,19,21). The van der Waals surface area contributed by atoms with Crippen LogP contribution in [0.2, 0.25) is 0 Å². The molecule has 0 fully saturated rings. The number of carbonyl (C=O) groups is 1. The summed E-state index contributed by atoms with van der Waals surface area (Å²) >= 11 is 0. The van der Waals surface area contributed by atoms with E-state index in [2.05, 4.69) is 41.0 Å². The lowest BCUT2D eigenvalue weighted by molar-refractivity contribution is 0.0522. The quantitative estimate of drug-likeness (QED) is 0.812. The molecule has 0 saturated carbocycles. The van der Waals surface area contributed by atoms with Gasteiger partial charge in [-0.1, -0.05) is 6.92 Å². The van der Waals surface area contributed by atoms with E-state index >= 15 is 0 Å². The summed E-state index contributed by atoms with van der Waals surface area (Å²) in [5.74, 6) is 0. The van der Waals surface area contributed by atoms with Gasteiger partial charge in [-0.25, -0.2) is 9.78 Å². The smallest absolute Gasteiger partial charge is 0.407 e. The topological polar surface area (TPSA) is 68.2 Å². The number of hydrogen-bond donors (Lipinski definition) is 2. The minimum Gasteiger partial charge on any atom is -0.444 e. The molecular formula is C16H30N4O2. The molecule has 0 aliphatic carbocycles. The maximum absolute atomic E-state index is 11.7. The lowest BCUT2D eigenvalue weighted by Crippen LogP contribution is -2.42. The van der Waals surface area contributed by atoms with Crippen LogP contribution in [0.4, 0.5) is 4.79 Å². The first-order valence-corrected chi connectivity index (χ1v) is 7.94. The number of hydrogen-bond acceptors (Lipinski definition) is 4. The molecule has 1 aromatic rings. The Kier molecular flexibility index (Phi) is 6.87. The first kappa shape index (κ1) is 18.5. The zero-order valence-corrected chi connectivity index (χ0v) is 14.6. The fourth-order valence-corrected chi connectivity index (χ4v) is 2.06. The lowest BCUT2D eigenvalue weighted by Gasteiger charge is -2.22. The van der Waals surface area contributed by atoms with Crippen LogP contribution >= 0.6 is 0 Å². The molecule has 1 atom stereocenters. The number of nitrogens with zero attached hydrogens (tertiary/aromatic N) is 2. The van der Waals surface area contributed by atoms with Crippen molar-refractivity contribution in [2.75, 3.05) is 6.54 Å². The number of amides is 1. The van der Waals surface area contributed by atoms with Crippen molar-refractivity contribution < 1.29 is 9.53 Å². The maximum Gasteiger partial charge on any atom is 0.407 e. The van der Waals surface area contributed by atoms with Crippen molar-refractivity contribution in [3.8, 4) is 0 Å². The van der Waals surface area contributed by atoms with Crippen molar-refractivity contribution in [3.05, 3.63) is 18.2 Å². The first-order chi connectivity index (χ1) is 10.2. The second-order valence-corrected chi connectivity index (χ2v) is 6.75. The van der Waals surface area contributed by atoms with Gasteiger partial charge in [0.25, 0.3) is 0 Å². The van der Waals surface area contributed by atoms with Crippen molar-refractivity contribution in [2.45, 2.75) is 72.2 Å². The normalized spacial score (nSPS) is 13.2. The minimum absolute atomic E-state index is 0.197. The average molecular weight is 310 g/mol. The van der Waals surface area contributed by atoms with Crippen molar-refractivity contribution in [2.24, 2.45) is 0 Å². The number of ether oxygens (including phenoxy) is 1. The summed E-state index contributed by atoms with van der Waals surface area (Å²) in [6.45, 7) is 13.2. The summed E-state index contributed by atoms with van der Waals surface area (Å²) < 4.78 is 7.38. The van der Waals surface area contributed by atoms with Gasteiger partial charge < -0.3 is 19.9 Å². The van der Waals surface area contributed by atoms with E-state index in [0.29, 0.717) is 12.6 Å². The van der Waals surface area contributed by atoms with Crippen molar-refractivity contribution in [1.82, 2.24) is 20.2 Å². The van der Waals surface area contributed by atoms with E-state index in [-0.39, 0.29) is 12.1 Å². The summed E-state index contributed by atoms with van der Waals surface area (Å²) in [4.78, 5) is 15.9. The van der Waals surface area contributed by atoms with Gasteiger partial charge in [-0.05, 0) is 41.0 Å². The Hall–Kier alpha value is -1.56. The molecule has 0 aromatic carbocycles. The molecule has 1 aromatic heterocycles. The van der Waals surface area contributed by atoms with Crippen LogP contribution in [-0.4, -0.2) is 33.8 Å². The Morgan fingerprint density at radius 1 is 1.41 bits per heavy atom. The van der Waals surface area contributed by atoms with Gasteiger partial charge in [0.1, 0.15) is 5.60 Å². The van der Waals surface area contributed by atoms with Gasteiger partial charge in [0.15, 0.2) is 0 Å². The third-order valence-corrected chi connectivity index (χ3v) is 3.26. The van der Waals surface area contributed by atoms with Crippen LogP contribution < -0.4 is 10.6 Å². The highest BCUT2D eigenvalue weighted by atomic mass is 16.6. The fraction of sp³-hybridized carbons (Fsp3) is 0.750. The van der Waals surface area contributed by atoms with Crippen molar-refractivity contribution >= 4 is 6.09 Å². The molecule has 1 rings (SSSR count). The highest BCUT2D eigenvalue weighted by Crippen LogP contribution is 2.09. The largest absolute Gasteiger partial charge is 0.444 e. The molecule has 0 aliphatic rings. The summed E-state index contributed by atoms with van der Waals surface area (Å²) in [5, 5.41) is 6.27. The Balaban J connectivity index is 2.42. The van der Waals surface area contributed by atoms with E-state index in [4.69, 9.17) is 4.74 Å². The highest BCUT2D eigenvalue weighted by Gasteiger charge is 2.17. The first-order valence-electron chi connectivity index (χ1n) is 7.94. The van der Waals surface area contributed by atoms with Gasteiger partial charge in [-0.2, -0.15) is 0 Å². The second-order valence-electron chi connectivity index (χ2n) is 6.75. The molecule has 0 saturated heterocycles. The number of imidazole rings is 1. The predicted octanol–water partition coefficient (Wildman–Crippen LogP) is 2.86. The van der Waals surface area contributed by atoms with Crippen LogP contribution in [0.15, 0.2) is 12.5 Å². The van der Waals surface area contributed by atoms with Crippen LogP contribution in [0, 0.1) is 0 Å². The van der Waals surface area contributed by atoms with E-state index in [1.807, 2.05) is 33.3 Å². The van der Waals surface area contributed by atoms with Gasteiger partial charge in [-0.15, -0.1) is 0 Å². The molecule has 1 unspecified atom stereocenters. The Morgan fingerprint density at radius 3 is 2.64 bits per heavy atom. The van der Waals surface area contributed by atoms with Gasteiger partial charge in [0.2, 0.25) is 0 Å². The van der Waals surface area contributed by atoms with Gasteiger partial charge in [0.05, 0.1) is 12.0 Å². The molecule has 0 radical (unpaired) electrons. The maximum atomic E-state index is 11.7. The Bertz CT molecular complexity index is 463. The fourth-order valence-electron chi connectivity index (χ4n) is 2.06. The number of carbonyl (C=O) groups excluding carboxylic acids is 1. The molecule has 2 N–H and O–H groups in total. The minimum atomic E-state index is -0.469. The molecule has 1 heterocycles. The van der Waals surface area contributed by atoms with E-state index in [9.17, 15) is 4.79 Å². The molecule has 0 bridgehead atoms. The Morgan fingerprint density at radius 2 is 2.09 bits per heavy atom. The van der Waals surface area contributed by atoms with Crippen molar-refractivity contribution in [1.29, 1.82) is 0 Å². The number of aromatic nitrogens is 2. The van der Waals surface area contributed by atoms with Crippen LogP contribution in [0.25, 0.3) is 0 Å². The number of alkyl carbamates (subject to hydrolysis) is 1. The predicted molar refractivity (Wildman–Crippen MR) is 87.8 cm³/mol. The van der Waals surface area contributed by atoms with Gasteiger partial charge >= 0.3 is 6.09 Å². The van der Waals surface area contributed by atoms with Crippen LogP contribution in [0.1, 0.15) is 59.7 Å². The number of nitrogens with one attached hydrogen (secondary N) is 2. The van der Waals surface area contributed by atoms with E-state index in [0.717, 1.165) is 18.7 Å². The molecular weight excluding hydrogens is 280 g/mol. The van der Waals surface area contributed by atoms with Crippen LogP contribution in [0.3, 0.4) is 0 Å². The van der Waals surface area contributed by atoms with E-state index in [1.54, 1.807) is 0 Å². The molecule has 0 aliphatic heterocycles. The molecule has 0 spiro atoms. The Labute approximate surface area is 133 Å². The summed E-state index contributed by atoms with van der Waals surface area (Å²) in [7, 11) is 0. The lowest BCUT2D eigenvalue weighted by atomic mass is 10.2. The monoisotopic (exact) mass is 310 g/mol. The van der Waals surface area contributed by atoms with Gasteiger partial charge in [0, 0.05) is 31.4 Å². The third kappa shape index (κ3) is 6.47. The van der Waals surface area contributed by atoms with Crippen LogP contribution in [0.5, 0.6) is 0 Å². The third-order valence-electron chi connectivity index (χ3n) is 3.26. The summed E-state index contributed by atoms with van der Waals surface area (Å²) in [6.07, 6.45) is 4.27. The van der Waals surface area contributed by atoms with E-state index in [1.165, 1.54) is 0 Å². The summed E-state index contributed by atoms with van der Waals surface area (Å²) in [6, 6.07) is 0.585. The molecule has 6 heteroatoms. The van der Waals surface area contributed by atoms with Crippen LogP contribution in [-0.2, 0) is 11.3 Å². The molecule has 22 heavy (non-hydrogen) atoms. The summed E-state index contributed by atoms with van der Waals surface area (Å²) in [5.41, 5.74) is 0.675. The number of rotatable bonds is 7. The molecule has 6 nitrogen and oxygen atoms in total. The molecule has 126 valence electrons. The van der Waals surface area contributed by atoms with Gasteiger partial charge in [-0.3, -0.25) is 0 Å². The second kappa shape index (κ2) is 8.17. The zero-order valence-electron chi connectivity index (χ0n) is 14.6. The zero-order chi connectivity index (χ0) is 16.8. The average Bonchev–Trinajstić information content (AvgIpc) is 2.85. The molecule has 1 amide bonds. The SMILES string of the molecule is CCC(CNC(=O)OC(C)(C)C)NCc1cncn1C(C)C. The van der Waals surface area contributed by atoms with Crippen molar-refractivity contribution in [3.63, 3.8) is 0 Å².